The lowest BCUT2D eigenvalue weighted by Gasteiger charge is -2.13. The summed E-state index contributed by atoms with van der Waals surface area (Å²) in [6.45, 7) is 3.13. The van der Waals surface area contributed by atoms with Crippen LogP contribution in [0.5, 0.6) is 0 Å². The van der Waals surface area contributed by atoms with Crippen LogP contribution in [0.25, 0.3) is 0 Å². The Hall–Kier alpha value is -0.360. The van der Waals surface area contributed by atoms with Gasteiger partial charge in [-0.05, 0) is 48.0 Å². The number of ether oxygens (including phenoxy) is 1. The minimum absolute atomic E-state index is 0.140. The third-order valence-corrected chi connectivity index (χ3v) is 2.73. The molecule has 0 aliphatic carbocycles. The van der Waals surface area contributed by atoms with Crippen LogP contribution in [0.3, 0.4) is 0 Å². The topological polar surface area (TPSA) is 54.6 Å². The summed E-state index contributed by atoms with van der Waals surface area (Å²) in [6, 6.07) is 3.93. The van der Waals surface area contributed by atoms with Gasteiger partial charge in [0.25, 0.3) is 0 Å². The second-order valence-corrected chi connectivity index (χ2v) is 4.50. The van der Waals surface area contributed by atoms with Crippen molar-refractivity contribution in [3.63, 3.8) is 0 Å². The first-order chi connectivity index (χ1) is 7.63. The zero-order valence-corrected chi connectivity index (χ0v) is 11.2. The first-order valence-corrected chi connectivity index (χ1v) is 6.08. The van der Waals surface area contributed by atoms with E-state index >= 15 is 0 Å². The molecule has 2 unspecified atom stereocenters. The minimum atomic E-state index is -0.409. The van der Waals surface area contributed by atoms with Crippen molar-refractivity contribution in [1.82, 2.24) is 5.32 Å². The maximum Gasteiger partial charge on any atom is 0.169 e. The predicted octanol–water partition coefficient (Wildman–Crippen LogP) is 2.09. The smallest absolute Gasteiger partial charge is 0.169 e. The molecule has 0 spiro atoms. The Morgan fingerprint density at radius 2 is 2.31 bits per heavy atom. The fourth-order valence-corrected chi connectivity index (χ4v) is 1.72. The SMILES string of the molecule is COCC(O)CCNC(C)c1ccc(Br)o1. The fourth-order valence-electron chi connectivity index (χ4n) is 1.40. The average Bonchev–Trinajstić information content (AvgIpc) is 2.65. The highest BCUT2D eigenvalue weighted by molar-refractivity contribution is 9.10. The second kappa shape index (κ2) is 7.06. The van der Waals surface area contributed by atoms with Gasteiger partial charge in [-0.2, -0.15) is 0 Å². The zero-order chi connectivity index (χ0) is 12.0. The van der Waals surface area contributed by atoms with Gasteiger partial charge in [0.05, 0.1) is 18.8 Å². The molecule has 1 heterocycles. The van der Waals surface area contributed by atoms with E-state index in [4.69, 9.17) is 9.15 Å². The van der Waals surface area contributed by atoms with E-state index in [1.807, 2.05) is 19.1 Å². The minimum Gasteiger partial charge on any atom is -0.453 e. The number of aliphatic hydroxyl groups is 1. The van der Waals surface area contributed by atoms with Crippen LogP contribution in [0, 0.1) is 0 Å². The van der Waals surface area contributed by atoms with Crippen LogP contribution in [0.2, 0.25) is 0 Å². The van der Waals surface area contributed by atoms with Crippen LogP contribution >= 0.6 is 15.9 Å². The van der Waals surface area contributed by atoms with Crippen molar-refractivity contribution in [3.05, 3.63) is 22.6 Å². The van der Waals surface area contributed by atoms with E-state index in [-0.39, 0.29) is 6.04 Å². The highest BCUT2D eigenvalue weighted by atomic mass is 79.9. The van der Waals surface area contributed by atoms with Crippen molar-refractivity contribution < 1.29 is 14.3 Å². The van der Waals surface area contributed by atoms with E-state index in [1.165, 1.54) is 0 Å². The molecule has 1 rings (SSSR count). The van der Waals surface area contributed by atoms with E-state index in [2.05, 4.69) is 21.2 Å². The van der Waals surface area contributed by atoms with Crippen molar-refractivity contribution >= 4 is 15.9 Å². The van der Waals surface area contributed by atoms with Gasteiger partial charge in [-0.3, -0.25) is 0 Å². The molecule has 4 nitrogen and oxygen atoms in total. The molecular weight excluding hydrogens is 274 g/mol. The first-order valence-electron chi connectivity index (χ1n) is 5.29. The van der Waals surface area contributed by atoms with Gasteiger partial charge in [-0.15, -0.1) is 0 Å². The Morgan fingerprint density at radius 3 is 2.88 bits per heavy atom. The highest BCUT2D eigenvalue weighted by Gasteiger charge is 2.10. The first kappa shape index (κ1) is 13.7. The quantitative estimate of drug-likeness (QED) is 0.808. The Morgan fingerprint density at radius 1 is 1.56 bits per heavy atom. The molecule has 0 saturated carbocycles. The summed E-state index contributed by atoms with van der Waals surface area (Å²) in [7, 11) is 1.58. The van der Waals surface area contributed by atoms with Crippen LogP contribution in [-0.2, 0) is 4.74 Å². The van der Waals surface area contributed by atoms with Gasteiger partial charge >= 0.3 is 0 Å². The third-order valence-electron chi connectivity index (χ3n) is 2.31. The molecule has 1 aromatic rings. The highest BCUT2D eigenvalue weighted by Crippen LogP contribution is 2.19. The van der Waals surface area contributed by atoms with Gasteiger partial charge in [-0.25, -0.2) is 0 Å². The van der Waals surface area contributed by atoms with E-state index in [0.717, 1.165) is 17.0 Å². The van der Waals surface area contributed by atoms with Crippen molar-refractivity contribution in [1.29, 1.82) is 0 Å². The molecule has 0 radical (unpaired) electrons. The number of nitrogens with one attached hydrogen (secondary N) is 1. The van der Waals surface area contributed by atoms with Gasteiger partial charge < -0.3 is 19.6 Å². The van der Waals surface area contributed by atoms with Gasteiger partial charge in [0.2, 0.25) is 0 Å². The molecule has 0 bridgehead atoms. The number of aliphatic hydroxyl groups excluding tert-OH is 1. The Balaban J connectivity index is 2.22. The maximum absolute atomic E-state index is 9.44. The maximum atomic E-state index is 9.44. The number of methoxy groups -OCH3 is 1. The molecule has 16 heavy (non-hydrogen) atoms. The summed E-state index contributed by atoms with van der Waals surface area (Å²) < 4.78 is 11.0. The lowest BCUT2D eigenvalue weighted by molar-refractivity contribution is 0.0589. The second-order valence-electron chi connectivity index (χ2n) is 3.72. The van der Waals surface area contributed by atoms with Crippen LogP contribution in [-0.4, -0.2) is 31.5 Å². The molecule has 2 N–H and O–H groups in total. The Bertz CT molecular complexity index is 303. The monoisotopic (exact) mass is 291 g/mol. The van der Waals surface area contributed by atoms with Crippen LogP contribution in [0.15, 0.2) is 21.2 Å². The van der Waals surface area contributed by atoms with Gasteiger partial charge in [-0.1, -0.05) is 0 Å². The molecular formula is C11H18BrNO3. The van der Waals surface area contributed by atoms with Crippen LogP contribution in [0.1, 0.15) is 25.1 Å². The standard InChI is InChI=1S/C11H18BrNO3/c1-8(10-3-4-11(12)16-10)13-6-5-9(14)7-15-2/h3-4,8-9,13-14H,5-7H2,1-2H3. The molecule has 2 atom stereocenters. The fraction of sp³-hybridized carbons (Fsp3) is 0.636. The van der Waals surface area contributed by atoms with Crippen molar-refractivity contribution in [2.75, 3.05) is 20.3 Å². The molecule has 92 valence electrons. The predicted molar refractivity (Wildman–Crippen MR) is 65.3 cm³/mol. The lowest BCUT2D eigenvalue weighted by Crippen LogP contribution is -2.25. The summed E-state index contributed by atoms with van der Waals surface area (Å²) in [5, 5.41) is 12.7. The van der Waals surface area contributed by atoms with Crippen molar-refractivity contribution in [3.8, 4) is 0 Å². The van der Waals surface area contributed by atoms with Gasteiger partial charge in [0.15, 0.2) is 4.67 Å². The molecule has 0 amide bonds. The summed E-state index contributed by atoms with van der Waals surface area (Å²) >= 11 is 3.26. The van der Waals surface area contributed by atoms with Gasteiger partial charge in [0, 0.05) is 7.11 Å². The number of rotatable bonds is 7. The van der Waals surface area contributed by atoms with Crippen LogP contribution < -0.4 is 5.32 Å². The van der Waals surface area contributed by atoms with E-state index in [0.29, 0.717) is 13.0 Å². The van der Waals surface area contributed by atoms with Crippen molar-refractivity contribution in [2.24, 2.45) is 0 Å². The van der Waals surface area contributed by atoms with E-state index < -0.39 is 6.10 Å². The van der Waals surface area contributed by atoms with E-state index in [9.17, 15) is 5.11 Å². The van der Waals surface area contributed by atoms with Crippen molar-refractivity contribution in [2.45, 2.75) is 25.5 Å². The molecule has 0 aromatic carbocycles. The molecule has 0 aliphatic rings. The van der Waals surface area contributed by atoms with E-state index in [1.54, 1.807) is 7.11 Å². The van der Waals surface area contributed by atoms with Gasteiger partial charge in [0.1, 0.15) is 5.76 Å². The molecule has 5 heteroatoms. The molecule has 0 fully saturated rings. The lowest BCUT2D eigenvalue weighted by atomic mass is 10.2. The van der Waals surface area contributed by atoms with Crippen LogP contribution in [0.4, 0.5) is 0 Å². The largest absolute Gasteiger partial charge is 0.453 e. The average molecular weight is 292 g/mol. The number of hydrogen-bond donors (Lipinski definition) is 2. The third kappa shape index (κ3) is 4.65. The number of hydrogen-bond acceptors (Lipinski definition) is 4. The Kier molecular flexibility index (Phi) is 6.05. The Labute approximate surface area is 104 Å². The normalized spacial score (nSPS) is 15.0. The summed E-state index contributed by atoms with van der Waals surface area (Å²) in [5.74, 6) is 0.883. The summed E-state index contributed by atoms with van der Waals surface area (Å²) in [6.07, 6.45) is 0.257. The zero-order valence-electron chi connectivity index (χ0n) is 9.57. The summed E-state index contributed by atoms with van der Waals surface area (Å²) in [5.41, 5.74) is 0. The molecule has 0 aliphatic heterocycles. The summed E-state index contributed by atoms with van der Waals surface area (Å²) in [4.78, 5) is 0. The number of furan rings is 1. The molecule has 0 saturated heterocycles. The molecule has 1 aromatic heterocycles. The number of halogens is 1.